The van der Waals surface area contributed by atoms with Gasteiger partial charge in [-0.15, -0.1) is 0 Å². The van der Waals surface area contributed by atoms with Gasteiger partial charge in [0.2, 0.25) is 0 Å². The van der Waals surface area contributed by atoms with E-state index in [1.54, 1.807) is 7.11 Å². The SMILES string of the molecule is COc1cccc(NC(CN)c2cc3ccccc3o2)c1. The maximum absolute atomic E-state index is 5.89. The lowest BCUT2D eigenvalue weighted by molar-refractivity contribution is 0.415. The van der Waals surface area contributed by atoms with Crippen molar-refractivity contribution in [3.8, 4) is 5.75 Å². The number of methoxy groups -OCH3 is 1. The molecule has 0 bridgehead atoms. The van der Waals surface area contributed by atoms with Crippen LogP contribution >= 0.6 is 0 Å². The molecule has 0 spiro atoms. The highest BCUT2D eigenvalue weighted by Crippen LogP contribution is 2.27. The molecule has 0 aliphatic rings. The largest absolute Gasteiger partial charge is 0.497 e. The summed E-state index contributed by atoms with van der Waals surface area (Å²) >= 11 is 0. The van der Waals surface area contributed by atoms with Crippen LogP contribution in [0.2, 0.25) is 0 Å². The molecule has 2 aromatic carbocycles. The van der Waals surface area contributed by atoms with Gasteiger partial charge < -0.3 is 20.2 Å². The zero-order valence-corrected chi connectivity index (χ0v) is 11.9. The van der Waals surface area contributed by atoms with Crippen LogP contribution in [0.4, 0.5) is 5.69 Å². The summed E-state index contributed by atoms with van der Waals surface area (Å²) in [6.45, 7) is 0.441. The van der Waals surface area contributed by atoms with E-state index < -0.39 is 0 Å². The van der Waals surface area contributed by atoms with Crippen LogP contribution in [0.15, 0.2) is 59.0 Å². The number of hydrogen-bond donors (Lipinski definition) is 2. The van der Waals surface area contributed by atoms with Crippen molar-refractivity contribution in [2.45, 2.75) is 6.04 Å². The topological polar surface area (TPSA) is 60.4 Å². The number of rotatable bonds is 5. The Morgan fingerprint density at radius 3 is 2.76 bits per heavy atom. The second kappa shape index (κ2) is 5.89. The van der Waals surface area contributed by atoms with Crippen LogP contribution < -0.4 is 15.8 Å². The fourth-order valence-corrected chi connectivity index (χ4v) is 2.33. The van der Waals surface area contributed by atoms with E-state index in [2.05, 4.69) is 5.32 Å². The summed E-state index contributed by atoms with van der Waals surface area (Å²) in [5, 5.41) is 4.46. The molecule has 0 aliphatic carbocycles. The molecule has 1 atom stereocenters. The van der Waals surface area contributed by atoms with Gasteiger partial charge in [-0.2, -0.15) is 0 Å². The molecule has 0 amide bonds. The summed E-state index contributed by atoms with van der Waals surface area (Å²) in [6, 6.07) is 17.6. The van der Waals surface area contributed by atoms with Crippen LogP contribution in [0.5, 0.6) is 5.75 Å². The minimum Gasteiger partial charge on any atom is -0.497 e. The Kier molecular flexibility index (Phi) is 3.79. The third-order valence-electron chi connectivity index (χ3n) is 3.43. The standard InChI is InChI=1S/C17H18N2O2/c1-20-14-7-4-6-13(10-14)19-15(11-18)17-9-12-5-2-3-8-16(12)21-17/h2-10,15,19H,11,18H2,1H3. The number of fused-ring (bicyclic) bond motifs is 1. The van der Waals surface area contributed by atoms with Crippen molar-refractivity contribution in [3.05, 3.63) is 60.4 Å². The van der Waals surface area contributed by atoms with E-state index in [-0.39, 0.29) is 6.04 Å². The third-order valence-corrected chi connectivity index (χ3v) is 3.43. The number of para-hydroxylation sites is 1. The number of anilines is 1. The van der Waals surface area contributed by atoms with E-state index in [0.29, 0.717) is 6.54 Å². The van der Waals surface area contributed by atoms with E-state index >= 15 is 0 Å². The lowest BCUT2D eigenvalue weighted by Gasteiger charge is -2.16. The molecule has 3 aromatic rings. The number of nitrogens with two attached hydrogens (primary N) is 1. The van der Waals surface area contributed by atoms with Crippen molar-refractivity contribution in [2.24, 2.45) is 5.73 Å². The Hall–Kier alpha value is -2.46. The third kappa shape index (κ3) is 2.85. The highest BCUT2D eigenvalue weighted by atomic mass is 16.5. The first-order chi connectivity index (χ1) is 10.3. The molecule has 21 heavy (non-hydrogen) atoms. The van der Waals surface area contributed by atoms with Crippen LogP contribution in [0.25, 0.3) is 11.0 Å². The summed E-state index contributed by atoms with van der Waals surface area (Å²) in [5.41, 5.74) is 7.71. The van der Waals surface area contributed by atoms with Crippen LogP contribution in [0, 0.1) is 0 Å². The van der Waals surface area contributed by atoms with E-state index in [1.807, 2.05) is 54.6 Å². The number of ether oxygens (including phenoxy) is 1. The van der Waals surface area contributed by atoms with Gasteiger partial charge in [0.05, 0.1) is 13.2 Å². The minimum atomic E-state index is -0.0792. The van der Waals surface area contributed by atoms with E-state index in [0.717, 1.165) is 28.2 Å². The number of benzene rings is 2. The van der Waals surface area contributed by atoms with Crippen molar-refractivity contribution in [3.63, 3.8) is 0 Å². The quantitative estimate of drug-likeness (QED) is 0.751. The molecule has 0 fully saturated rings. The fourth-order valence-electron chi connectivity index (χ4n) is 2.33. The molecule has 0 aliphatic heterocycles. The summed E-state index contributed by atoms with van der Waals surface area (Å²) in [6.07, 6.45) is 0. The summed E-state index contributed by atoms with van der Waals surface area (Å²) < 4.78 is 11.1. The second-order valence-corrected chi connectivity index (χ2v) is 4.85. The van der Waals surface area contributed by atoms with E-state index in [1.165, 1.54) is 0 Å². The summed E-state index contributed by atoms with van der Waals surface area (Å²) in [5.74, 6) is 1.64. The van der Waals surface area contributed by atoms with E-state index in [4.69, 9.17) is 14.9 Å². The lowest BCUT2D eigenvalue weighted by Crippen LogP contribution is -2.20. The first kappa shape index (κ1) is 13.5. The maximum Gasteiger partial charge on any atom is 0.134 e. The molecule has 1 aromatic heterocycles. The predicted molar refractivity (Wildman–Crippen MR) is 84.6 cm³/mol. The Morgan fingerprint density at radius 2 is 2.00 bits per heavy atom. The smallest absolute Gasteiger partial charge is 0.134 e. The van der Waals surface area contributed by atoms with Crippen LogP contribution in [-0.2, 0) is 0 Å². The van der Waals surface area contributed by atoms with Crippen molar-refractivity contribution < 1.29 is 9.15 Å². The van der Waals surface area contributed by atoms with Crippen LogP contribution in [-0.4, -0.2) is 13.7 Å². The van der Waals surface area contributed by atoms with Gasteiger partial charge in [-0.25, -0.2) is 0 Å². The molecular formula is C17H18N2O2. The molecule has 0 saturated carbocycles. The van der Waals surface area contributed by atoms with Gasteiger partial charge >= 0.3 is 0 Å². The van der Waals surface area contributed by atoms with Gasteiger partial charge in [0.25, 0.3) is 0 Å². The van der Waals surface area contributed by atoms with E-state index in [9.17, 15) is 0 Å². The molecule has 4 heteroatoms. The van der Waals surface area contributed by atoms with Crippen LogP contribution in [0.3, 0.4) is 0 Å². The van der Waals surface area contributed by atoms with Gasteiger partial charge in [-0.1, -0.05) is 24.3 Å². The van der Waals surface area contributed by atoms with Gasteiger partial charge in [-0.05, 0) is 24.3 Å². The molecule has 3 rings (SSSR count). The molecule has 0 saturated heterocycles. The minimum absolute atomic E-state index is 0.0792. The number of furan rings is 1. The first-order valence-electron chi connectivity index (χ1n) is 6.89. The van der Waals surface area contributed by atoms with Crippen molar-refractivity contribution >= 4 is 16.7 Å². The fraction of sp³-hybridized carbons (Fsp3) is 0.176. The molecule has 1 unspecified atom stereocenters. The van der Waals surface area contributed by atoms with Crippen molar-refractivity contribution in [1.29, 1.82) is 0 Å². The Morgan fingerprint density at radius 1 is 1.14 bits per heavy atom. The molecule has 4 nitrogen and oxygen atoms in total. The van der Waals surface area contributed by atoms with Gasteiger partial charge in [0, 0.05) is 23.7 Å². The van der Waals surface area contributed by atoms with Gasteiger partial charge in [0.15, 0.2) is 0 Å². The molecule has 3 N–H and O–H groups in total. The molecular weight excluding hydrogens is 264 g/mol. The zero-order valence-electron chi connectivity index (χ0n) is 11.9. The van der Waals surface area contributed by atoms with Gasteiger partial charge in [-0.3, -0.25) is 0 Å². The normalized spacial score (nSPS) is 12.3. The van der Waals surface area contributed by atoms with Crippen molar-refractivity contribution in [2.75, 3.05) is 19.0 Å². The first-order valence-corrected chi connectivity index (χ1v) is 6.89. The van der Waals surface area contributed by atoms with Crippen LogP contribution in [0.1, 0.15) is 11.8 Å². The zero-order chi connectivity index (χ0) is 14.7. The van der Waals surface area contributed by atoms with Crippen molar-refractivity contribution in [1.82, 2.24) is 0 Å². The number of nitrogens with one attached hydrogen (secondary N) is 1. The average Bonchev–Trinajstić information content (AvgIpc) is 2.96. The summed E-state index contributed by atoms with van der Waals surface area (Å²) in [4.78, 5) is 0. The highest BCUT2D eigenvalue weighted by molar-refractivity contribution is 5.78. The molecule has 108 valence electrons. The highest BCUT2D eigenvalue weighted by Gasteiger charge is 2.15. The van der Waals surface area contributed by atoms with Gasteiger partial charge in [0.1, 0.15) is 17.1 Å². The average molecular weight is 282 g/mol. The molecule has 1 heterocycles. The Labute approximate surface area is 123 Å². The monoisotopic (exact) mass is 282 g/mol. The lowest BCUT2D eigenvalue weighted by atomic mass is 10.2. The second-order valence-electron chi connectivity index (χ2n) is 4.85. The number of hydrogen-bond acceptors (Lipinski definition) is 4. The Balaban J connectivity index is 1.87. The summed E-state index contributed by atoms with van der Waals surface area (Å²) in [7, 11) is 1.65. The predicted octanol–water partition coefficient (Wildman–Crippen LogP) is 3.55. The Bertz CT molecular complexity index is 703. The molecule has 0 radical (unpaired) electrons. The maximum atomic E-state index is 5.89.